The Hall–Kier alpha value is -1.95. The van der Waals surface area contributed by atoms with Crippen molar-refractivity contribution < 1.29 is 15.3 Å². The minimum Gasteiger partial charge on any atom is -0.508 e. The molecule has 2 bridgehead atoms. The number of allylic oxidation sites excluding steroid dienone is 1. The lowest BCUT2D eigenvalue weighted by molar-refractivity contribution is -0.0955. The molecule has 2 aromatic rings. The van der Waals surface area contributed by atoms with Crippen LogP contribution < -0.4 is 0 Å². The number of fused-ring (bicyclic) bond motifs is 4. The normalized spacial score (nSPS) is 29.2. The SMILES string of the molecule is CC=C1CN2CCC1CC2C(O)(CCO)c1ccnc2ccc(O)cc12. The summed E-state index contributed by atoms with van der Waals surface area (Å²) in [5.74, 6) is 0.654. The van der Waals surface area contributed by atoms with Gasteiger partial charge in [-0.05, 0) is 62.1 Å². The molecule has 5 rings (SSSR count). The van der Waals surface area contributed by atoms with Crippen LogP contribution in [0, 0.1) is 5.92 Å². The van der Waals surface area contributed by atoms with Crippen LogP contribution in [0.5, 0.6) is 5.75 Å². The van der Waals surface area contributed by atoms with E-state index in [2.05, 4.69) is 22.9 Å². The first-order valence-electron chi connectivity index (χ1n) is 9.37. The van der Waals surface area contributed by atoms with Crippen molar-refractivity contribution in [3.05, 3.63) is 47.7 Å². The Morgan fingerprint density at radius 3 is 2.88 bits per heavy atom. The zero-order valence-electron chi connectivity index (χ0n) is 15.1. The molecule has 3 N–H and O–H groups in total. The fraction of sp³-hybridized carbons (Fsp3) is 0.476. The number of phenolic OH excluding ortho intramolecular Hbond substituents is 1. The summed E-state index contributed by atoms with van der Waals surface area (Å²) >= 11 is 0. The highest BCUT2D eigenvalue weighted by Crippen LogP contribution is 2.45. The molecular weight excluding hydrogens is 328 g/mol. The molecule has 26 heavy (non-hydrogen) atoms. The van der Waals surface area contributed by atoms with Crippen molar-refractivity contribution in [2.45, 2.75) is 37.8 Å². The van der Waals surface area contributed by atoms with E-state index in [4.69, 9.17) is 0 Å². The molecule has 0 aliphatic carbocycles. The minimum atomic E-state index is -1.18. The summed E-state index contributed by atoms with van der Waals surface area (Å²) in [6.07, 6.45) is 6.19. The van der Waals surface area contributed by atoms with Gasteiger partial charge in [0.05, 0.1) is 5.52 Å². The molecule has 0 saturated carbocycles. The van der Waals surface area contributed by atoms with Gasteiger partial charge in [0.15, 0.2) is 0 Å². The van der Waals surface area contributed by atoms with E-state index in [0.717, 1.165) is 42.4 Å². The number of aromatic hydroxyl groups is 1. The fourth-order valence-electron chi connectivity index (χ4n) is 4.89. The zero-order valence-corrected chi connectivity index (χ0v) is 15.1. The smallest absolute Gasteiger partial charge is 0.116 e. The van der Waals surface area contributed by atoms with Gasteiger partial charge in [0, 0.05) is 37.2 Å². The number of nitrogens with zero attached hydrogens (tertiary/aromatic N) is 2. The van der Waals surface area contributed by atoms with Crippen LogP contribution >= 0.6 is 0 Å². The highest BCUT2D eigenvalue weighted by atomic mass is 16.3. The van der Waals surface area contributed by atoms with Gasteiger partial charge in [-0.1, -0.05) is 11.6 Å². The van der Waals surface area contributed by atoms with Gasteiger partial charge in [0.2, 0.25) is 0 Å². The topological polar surface area (TPSA) is 76.8 Å². The number of aliphatic hydroxyl groups is 2. The molecule has 4 heterocycles. The maximum atomic E-state index is 11.8. The maximum Gasteiger partial charge on any atom is 0.116 e. The second kappa shape index (κ2) is 6.65. The molecule has 3 aliphatic heterocycles. The Kier molecular flexibility index (Phi) is 4.47. The molecule has 4 atom stereocenters. The molecule has 138 valence electrons. The summed E-state index contributed by atoms with van der Waals surface area (Å²) in [4.78, 5) is 6.71. The average Bonchev–Trinajstić information content (AvgIpc) is 2.67. The van der Waals surface area contributed by atoms with Crippen LogP contribution in [0.1, 0.15) is 31.7 Å². The van der Waals surface area contributed by atoms with E-state index in [9.17, 15) is 15.3 Å². The van der Waals surface area contributed by atoms with Gasteiger partial charge in [0.1, 0.15) is 11.4 Å². The Balaban J connectivity index is 1.82. The lowest BCUT2D eigenvalue weighted by Gasteiger charge is -2.53. The predicted molar refractivity (Wildman–Crippen MR) is 101 cm³/mol. The summed E-state index contributed by atoms with van der Waals surface area (Å²) in [5.41, 5.74) is 1.76. The average molecular weight is 354 g/mol. The molecule has 5 nitrogen and oxygen atoms in total. The third kappa shape index (κ3) is 2.71. The molecule has 3 aliphatic rings. The van der Waals surface area contributed by atoms with Crippen molar-refractivity contribution >= 4 is 10.9 Å². The van der Waals surface area contributed by atoms with Crippen molar-refractivity contribution in [3.63, 3.8) is 0 Å². The number of hydrogen-bond acceptors (Lipinski definition) is 5. The summed E-state index contributed by atoms with van der Waals surface area (Å²) in [5, 5.41) is 32.3. The van der Waals surface area contributed by atoms with Crippen molar-refractivity contribution in [2.24, 2.45) is 5.92 Å². The Bertz CT molecular complexity index is 850. The number of aliphatic hydroxyl groups excluding tert-OH is 1. The molecule has 1 aromatic heterocycles. The maximum absolute atomic E-state index is 11.8. The van der Waals surface area contributed by atoms with E-state index in [0.29, 0.717) is 5.92 Å². The number of phenols is 1. The second-order valence-corrected chi connectivity index (χ2v) is 7.53. The van der Waals surface area contributed by atoms with E-state index in [-0.39, 0.29) is 24.8 Å². The minimum absolute atomic E-state index is 0.0509. The second-order valence-electron chi connectivity index (χ2n) is 7.53. The molecule has 0 spiro atoms. The number of pyridine rings is 1. The Morgan fingerprint density at radius 1 is 1.35 bits per heavy atom. The van der Waals surface area contributed by atoms with Gasteiger partial charge in [0.25, 0.3) is 0 Å². The van der Waals surface area contributed by atoms with Crippen LogP contribution in [-0.4, -0.2) is 50.9 Å². The molecule has 1 aromatic carbocycles. The highest BCUT2D eigenvalue weighted by molar-refractivity contribution is 5.84. The number of benzene rings is 1. The standard InChI is InChI=1S/C21H26N2O3/c1-2-14-13-23-9-6-15(14)11-20(23)21(26,7-10-24)18-5-8-22-19-4-3-16(25)12-17(18)19/h2-5,8,12,15,20,24-26H,6-7,9-11,13H2,1H3. The van der Waals surface area contributed by atoms with Gasteiger partial charge in [-0.25, -0.2) is 0 Å². The molecule has 0 amide bonds. The molecule has 3 fully saturated rings. The number of aromatic nitrogens is 1. The Labute approximate surface area is 153 Å². The number of piperidine rings is 3. The van der Waals surface area contributed by atoms with E-state index >= 15 is 0 Å². The summed E-state index contributed by atoms with van der Waals surface area (Å²) < 4.78 is 0. The van der Waals surface area contributed by atoms with Gasteiger partial charge >= 0.3 is 0 Å². The molecule has 4 unspecified atom stereocenters. The van der Waals surface area contributed by atoms with Crippen LogP contribution in [0.15, 0.2) is 42.1 Å². The first kappa shape index (κ1) is 17.5. The highest BCUT2D eigenvalue weighted by Gasteiger charge is 2.48. The van der Waals surface area contributed by atoms with Crippen LogP contribution in [0.25, 0.3) is 10.9 Å². The monoisotopic (exact) mass is 354 g/mol. The fourth-order valence-corrected chi connectivity index (χ4v) is 4.89. The van der Waals surface area contributed by atoms with Gasteiger partial charge < -0.3 is 15.3 Å². The van der Waals surface area contributed by atoms with Crippen molar-refractivity contribution in [1.29, 1.82) is 0 Å². The molecule has 5 heteroatoms. The van der Waals surface area contributed by atoms with Crippen LogP contribution in [0.3, 0.4) is 0 Å². The lowest BCUT2D eigenvalue weighted by Crippen LogP contribution is -2.59. The molecular formula is C21H26N2O3. The quantitative estimate of drug-likeness (QED) is 0.736. The summed E-state index contributed by atoms with van der Waals surface area (Å²) in [6.45, 7) is 3.85. The first-order valence-corrected chi connectivity index (χ1v) is 9.37. The third-order valence-electron chi connectivity index (χ3n) is 6.23. The van der Waals surface area contributed by atoms with E-state index in [1.807, 2.05) is 6.07 Å². The van der Waals surface area contributed by atoms with Crippen LogP contribution in [0.4, 0.5) is 0 Å². The summed E-state index contributed by atoms with van der Waals surface area (Å²) in [7, 11) is 0. The van der Waals surface area contributed by atoms with Gasteiger partial charge in [-0.2, -0.15) is 0 Å². The van der Waals surface area contributed by atoms with Crippen molar-refractivity contribution in [2.75, 3.05) is 19.7 Å². The van der Waals surface area contributed by atoms with Crippen molar-refractivity contribution in [3.8, 4) is 5.75 Å². The number of hydrogen-bond donors (Lipinski definition) is 3. The van der Waals surface area contributed by atoms with Gasteiger partial charge in [-0.15, -0.1) is 0 Å². The summed E-state index contributed by atoms with van der Waals surface area (Å²) in [6, 6.07) is 6.81. The van der Waals surface area contributed by atoms with Crippen LogP contribution in [-0.2, 0) is 5.60 Å². The van der Waals surface area contributed by atoms with Crippen LogP contribution in [0.2, 0.25) is 0 Å². The Morgan fingerprint density at radius 2 is 2.19 bits per heavy atom. The third-order valence-corrected chi connectivity index (χ3v) is 6.23. The lowest BCUT2D eigenvalue weighted by atomic mass is 9.70. The van der Waals surface area contributed by atoms with Crippen molar-refractivity contribution in [1.82, 2.24) is 9.88 Å². The van der Waals surface area contributed by atoms with E-state index in [1.54, 1.807) is 24.4 Å². The molecule has 3 saturated heterocycles. The van der Waals surface area contributed by atoms with E-state index < -0.39 is 5.60 Å². The predicted octanol–water partition coefficient (Wildman–Crippen LogP) is 2.55. The van der Waals surface area contributed by atoms with Gasteiger partial charge in [-0.3, -0.25) is 9.88 Å². The zero-order chi connectivity index (χ0) is 18.3. The molecule has 0 radical (unpaired) electrons. The first-order chi connectivity index (χ1) is 12.6. The number of rotatable bonds is 4. The van der Waals surface area contributed by atoms with E-state index in [1.165, 1.54) is 5.57 Å². The largest absolute Gasteiger partial charge is 0.508 e.